The van der Waals surface area contributed by atoms with Crippen LogP contribution in [0.25, 0.3) is 0 Å². The monoisotopic (exact) mass is 366 g/mol. The number of nitrogens with zero attached hydrogens (tertiary/aromatic N) is 2. The fourth-order valence-electron chi connectivity index (χ4n) is 3.39. The van der Waals surface area contributed by atoms with E-state index in [-0.39, 0.29) is 12.2 Å². The van der Waals surface area contributed by atoms with Crippen LogP contribution in [0, 0.1) is 0 Å². The fourth-order valence-corrected chi connectivity index (χ4v) is 3.39. The van der Waals surface area contributed by atoms with Gasteiger partial charge >= 0.3 is 5.97 Å². The maximum absolute atomic E-state index is 11.9. The SMILES string of the molecule is CCCCCCCCCCCCCCCC(=O)OC(C)N1C=CN(C)C1. The first-order valence-corrected chi connectivity index (χ1v) is 11.0. The third-order valence-electron chi connectivity index (χ3n) is 5.15. The van der Waals surface area contributed by atoms with Crippen molar-refractivity contribution >= 4 is 5.97 Å². The quantitative estimate of drug-likeness (QED) is 0.246. The summed E-state index contributed by atoms with van der Waals surface area (Å²) in [5.74, 6) is -0.0662. The van der Waals surface area contributed by atoms with Crippen molar-refractivity contribution in [3.05, 3.63) is 12.4 Å². The average molecular weight is 367 g/mol. The molecule has 0 fully saturated rings. The maximum atomic E-state index is 11.9. The van der Waals surface area contributed by atoms with Crippen LogP contribution in [0.1, 0.15) is 104 Å². The molecule has 0 aromatic carbocycles. The van der Waals surface area contributed by atoms with Crippen molar-refractivity contribution in [2.24, 2.45) is 0 Å². The minimum atomic E-state index is -0.175. The number of carbonyl (C=O) groups excluding carboxylic acids is 1. The molecule has 1 rings (SSSR count). The number of hydrogen-bond donors (Lipinski definition) is 0. The van der Waals surface area contributed by atoms with Crippen molar-refractivity contribution in [3.63, 3.8) is 0 Å². The Hall–Kier alpha value is -1.19. The third-order valence-corrected chi connectivity index (χ3v) is 5.15. The smallest absolute Gasteiger partial charge is 0.307 e. The highest BCUT2D eigenvalue weighted by Crippen LogP contribution is 2.14. The first kappa shape index (κ1) is 22.9. The fraction of sp³-hybridized carbons (Fsp3) is 0.864. The summed E-state index contributed by atoms with van der Waals surface area (Å²) in [6.07, 6.45) is 21.6. The zero-order chi connectivity index (χ0) is 19.0. The highest BCUT2D eigenvalue weighted by Gasteiger charge is 2.18. The normalized spacial score (nSPS) is 14.9. The van der Waals surface area contributed by atoms with Crippen LogP contribution in [-0.4, -0.2) is 35.7 Å². The Morgan fingerprint density at radius 1 is 0.885 bits per heavy atom. The zero-order valence-corrected chi connectivity index (χ0v) is 17.5. The molecule has 0 aromatic heterocycles. The molecule has 1 heterocycles. The van der Waals surface area contributed by atoms with Crippen LogP contribution in [0.3, 0.4) is 0 Å². The topological polar surface area (TPSA) is 32.8 Å². The second-order valence-electron chi connectivity index (χ2n) is 7.79. The van der Waals surface area contributed by atoms with Crippen LogP contribution in [0.4, 0.5) is 0 Å². The van der Waals surface area contributed by atoms with E-state index in [1.807, 2.05) is 31.3 Å². The van der Waals surface area contributed by atoms with Crippen molar-refractivity contribution in [1.29, 1.82) is 0 Å². The van der Waals surface area contributed by atoms with E-state index in [9.17, 15) is 4.79 Å². The number of esters is 1. The lowest BCUT2D eigenvalue weighted by Crippen LogP contribution is -2.34. The van der Waals surface area contributed by atoms with Crippen LogP contribution in [-0.2, 0) is 9.53 Å². The molecule has 1 atom stereocenters. The molecule has 0 bridgehead atoms. The number of rotatable bonds is 16. The molecule has 1 aliphatic rings. The average Bonchev–Trinajstić information content (AvgIpc) is 3.05. The molecule has 0 saturated heterocycles. The Bertz CT molecular complexity index is 384. The summed E-state index contributed by atoms with van der Waals surface area (Å²) in [7, 11) is 2.01. The highest BCUT2D eigenvalue weighted by molar-refractivity contribution is 5.69. The number of ether oxygens (including phenoxy) is 1. The molecule has 4 heteroatoms. The molecule has 0 aliphatic carbocycles. The lowest BCUT2D eigenvalue weighted by molar-refractivity contribution is -0.155. The van der Waals surface area contributed by atoms with Crippen molar-refractivity contribution < 1.29 is 9.53 Å². The van der Waals surface area contributed by atoms with Gasteiger partial charge in [-0.25, -0.2) is 0 Å². The summed E-state index contributed by atoms with van der Waals surface area (Å²) in [5.41, 5.74) is 0. The van der Waals surface area contributed by atoms with E-state index >= 15 is 0 Å². The van der Waals surface area contributed by atoms with E-state index in [1.165, 1.54) is 70.6 Å². The molecule has 0 radical (unpaired) electrons. The minimum Gasteiger partial charge on any atom is -0.442 e. The standard InChI is InChI=1S/C22H42N2O2/c1-4-5-6-7-8-9-10-11-12-13-14-15-16-17-22(25)26-21(2)24-19-18-23(3)20-24/h18-19,21H,4-17,20H2,1-3H3. The van der Waals surface area contributed by atoms with Gasteiger partial charge in [-0.2, -0.15) is 0 Å². The second-order valence-corrected chi connectivity index (χ2v) is 7.79. The van der Waals surface area contributed by atoms with Crippen molar-refractivity contribution in [2.45, 2.75) is 110 Å². The van der Waals surface area contributed by atoms with E-state index in [1.54, 1.807) is 0 Å². The van der Waals surface area contributed by atoms with Gasteiger partial charge in [0.15, 0.2) is 6.23 Å². The molecule has 0 spiro atoms. The summed E-state index contributed by atoms with van der Waals surface area (Å²) in [6, 6.07) is 0. The summed E-state index contributed by atoms with van der Waals surface area (Å²) in [6.45, 7) is 4.99. The Kier molecular flexibility index (Phi) is 13.1. The molecular weight excluding hydrogens is 324 g/mol. The second kappa shape index (κ2) is 14.9. The van der Waals surface area contributed by atoms with Crippen LogP contribution in [0.2, 0.25) is 0 Å². The van der Waals surface area contributed by atoms with Crippen molar-refractivity contribution in [3.8, 4) is 0 Å². The van der Waals surface area contributed by atoms with Crippen molar-refractivity contribution in [2.75, 3.05) is 13.7 Å². The predicted molar refractivity (Wildman–Crippen MR) is 109 cm³/mol. The van der Waals surface area contributed by atoms with Gasteiger partial charge in [-0.1, -0.05) is 84.0 Å². The Morgan fingerprint density at radius 3 is 1.85 bits per heavy atom. The van der Waals surface area contributed by atoms with E-state index in [0.717, 1.165) is 19.5 Å². The molecule has 0 N–H and O–H groups in total. The summed E-state index contributed by atoms with van der Waals surface area (Å²) in [5, 5.41) is 0. The van der Waals surface area contributed by atoms with Gasteiger partial charge in [-0.05, 0) is 13.3 Å². The molecule has 0 amide bonds. The molecule has 152 valence electrons. The predicted octanol–water partition coefficient (Wildman–Crippen LogP) is 6.03. The van der Waals surface area contributed by atoms with Gasteiger partial charge in [0.2, 0.25) is 0 Å². The lowest BCUT2D eigenvalue weighted by Gasteiger charge is -2.25. The van der Waals surface area contributed by atoms with E-state index in [2.05, 4.69) is 11.8 Å². The number of unbranched alkanes of at least 4 members (excludes halogenated alkanes) is 12. The highest BCUT2D eigenvalue weighted by atomic mass is 16.6. The maximum Gasteiger partial charge on any atom is 0.307 e. The molecule has 1 unspecified atom stereocenters. The van der Waals surface area contributed by atoms with Gasteiger partial charge in [-0.3, -0.25) is 4.79 Å². The Morgan fingerprint density at radius 2 is 1.38 bits per heavy atom. The largest absolute Gasteiger partial charge is 0.442 e. The van der Waals surface area contributed by atoms with Crippen molar-refractivity contribution in [1.82, 2.24) is 9.80 Å². The lowest BCUT2D eigenvalue weighted by atomic mass is 10.0. The molecule has 26 heavy (non-hydrogen) atoms. The Balaban J connectivity index is 1.84. The number of carbonyl (C=O) groups is 1. The summed E-state index contributed by atoms with van der Waals surface area (Å²) < 4.78 is 5.50. The number of hydrogen-bond acceptors (Lipinski definition) is 4. The zero-order valence-electron chi connectivity index (χ0n) is 17.5. The van der Waals surface area contributed by atoms with Crippen LogP contribution in [0.5, 0.6) is 0 Å². The van der Waals surface area contributed by atoms with Gasteiger partial charge < -0.3 is 14.5 Å². The van der Waals surface area contributed by atoms with E-state index < -0.39 is 0 Å². The van der Waals surface area contributed by atoms with Crippen LogP contribution in [0.15, 0.2) is 12.4 Å². The summed E-state index contributed by atoms with van der Waals surface area (Å²) in [4.78, 5) is 16.0. The Labute approximate surface area is 162 Å². The molecule has 1 aliphatic heterocycles. The van der Waals surface area contributed by atoms with Gasteiger partial charge in [0, 0.05) is 25.9 Å². The van der Waals surface area contributed by atoms with Gasteiger partial charge in [0.25, 0.3) is 0 Å². The van der Waals surface area contributed by atoms with Crippen LogP contribution >= 0.6 is 0 Å². The molecular formula is C22H42N2O2. The first-order valence-electron chi connectivity index (χ1n) is 11.0. The molecule has 0 aromatic rings. The van der Waals surface area contributed by atoms with Gasteiger partial charge in [0.05, 0.1) is 6.67 Å². The third kappa shape index (κ3) is 11.4. The van der Waals surface area contributed by atoms with Crippen LogP contribution < -0.4 is 0 Å². The summed E-state index contributed by atoms with van der Waals surface area (Å²) >= 11 is 0. The molecule has 0 saturated carbocycles. The first-order chi connectivity index (χ1) is 12.6. The van der Waals surface area contributed by atoms with E-state index in [0.29, 0.717) is 6.42 Å². The van der Waals surface area contributed by atoms with Gasteiger partial charge in [0.1, 0.15) is 0 Å². The molecule has 4 nitrogen and oxygen atoms in total. The van der Waals surface area contributed by atoms with E-state index in [4.69, 9.17) is 4.74 Å². The van der Waals surface area contributed by atoms with Gasteiger partial charge in [-0.15, -0.1) is 0 Å². The minimum absolute atomic E-state index is 0.0662.